The van der Waals surface area contributed by atoms with Crippen molar-refractivity contribution in [2.24, 2.45) is 0 Å². The zero-order chi connectivity index (χ0) is 13.1. The summed E-state index contributed by atoms with van der Waals surface area (Å²) in [6, 6.07) is 5.23. The maximum Gasteiger partial charge on any atom is 0.313 e. The Labute approximate surface area is 110 Å². The molecule has 5 nitrogen and oxygen atoms in total. The Balaban J connectivity index is 1.68. The van der Waals surface area contributed by atoms with Crippen LogP contribution >= 0.6 is 0 Å². The van der Waals surface area contributed by atoms with Crippen molar-refractivity contribution in [3.05, 3.63) is 30.6 Å². The first-order chi connectivity index (χ1) is 9.31. The number of carbonyl (C=O) groups is 1. The summed E-state index contributed by atoms with van der Waals surface area (Å²) in [5, 5.41) is 0. The van der Waals surface area contributed by atoms with E-state index in [1.807, 2.05) is 0 Å². The van der Waals surface area contributed by atoms with Crippen LogP contribution in [0.4, 0.5) is 0 Å². The van der Waals surface area contributed by atoms with Crippen LogP contribution in [-0.2, 0) is 9.53 Å². The minimum absolute atomic E-state index is 0.00717. The topological polar surface area (TPSA) is 61.3 Å². The Hall–Kier alpha value is -2.01. The Morgan fingerprint density at radius 3 is 2.95 bits per heavy atom. The lowest BCUT2D eigenvalue weighted by Gasteiger charge is -2.09. The molecule has 1 aliphatic heterocycles. The minimum atomic E-state index is -0.268. The first-order valence-electron chi connectivity index (χ1n) is 6.34. The number of nitrogens with zero attached hydrogens (tertiary/aromatic N) is 2. The number of aromatic nitrogens is 2. The van der Waals surface area contributed by atoms with Crippen molar-refractivity contribution in [3.8, 4) is 5.75 Å². The quantitative estimate of drug-likeness (QED) is 0.623. The van der Waals surface area contributed by atoms with E-state index in [-0.39, 0.29) is 12.1 Å². The molecular formula is C14H14N2O3. The molecule has 0 N–H and O–H groups in total. The summed E-state index contributed by atoms with van der Waals surface area (Å²) < 4.78 is 10.7. The number of hydrogen-bond donors (Lipinski definition) is 0. The molecule has 0 unspecified atom stereocenters. The van der Waals surface area contributed by atoms with Crippen LogP contribution in [-0.4, -0.2) is 28.6 Å². The summed E-state index contributed by atoms with van der Waals surface area (Å²) in [7, 11) is 0. The van der Waals surface area contributed by atoms with Crippen molar-refractivity contribution < 1.29 is 14.3 Å². The van der Waals surface area contributed by atoms with Crippen molar-refractivity contribution in [2.45, 2.75) is 25.4 Å². The Bertz CT molecular complexity index is 594. The number of esters is 1. The lowest BCUT2D eigenvalue weighted by molar-refractivity contribution is -0.136. The second-order valence-electron chi connectivity index (χ2n) is 4.52. The SMILES string of the molecule is O=C(C[C@H]1CCCO1)Oc1ccc2nccnc2c1. The minimum Gasteiger partial charge on any atom is -0.426 e. The van der Waals surface area contributed by atoms with E-state index in [0.717, 1.165) is 25.0 Å². The molecule has 98 valence electrons. The fourth-order valence-electron chi connectivity index (χ4n) is 2.17. The predicted molar refractivity (Wildman–Crippen MR) is 68.8 cm³/mol. The molecule has 0 bridgehead atoms. The molecule has 2 aromatic rings. The first-order valence-corrected chi connectivity index (χ1v) is 6.34. The van der Waals surface area contributed by atoms with E-state index in [9.17, 15) is 4.79 Å². The van der Waals surface area contributed by atoms with Crippen LogP contribution in [0.15, 0.2) is 30.6 Å². The van der Waals surface area contributed by atoms with E-state index in [4.69, 9.17) is 9.47 Å². The lowest BCUT2D eigenvalue weighted by Crippen LogP contribution is -2.17. The van der Waals surface area contributed by atoms with Gasteiger partial charge < -0.3 is 9.47 Å². The summed E-state index contributed by atoms with van der Waals surface area (Å²) in [4.78, 5) is 20.1. The molecule has 1 aromatic heterocycles. The van der Waals surface area contributed by atoms with Crippen molar-refractivity contribution in [1.82, 2.24) is 9.97 Å². The highest BCUT2D eigenvalue weighted by Crippen LogP contribution is 2.20. The molecule has 0 saturated carbocycles. The molecule has 5 heteroatoms. The highest BCUT2D eigenvalue weighted by Gasteiger charge is 2.20. The molecule has 1 atom stereocenters. The molecule has 0 amide bonds. The van der Waals surface area contributed by atoms with Crippen molar-refractivity contribution in [1.29, 1.82) is 0 Å². The number of benzene rings is 1. The van der Waals surface area contributed by atoms with Crippen LogP contribution < -0.4 is 4.74 Å². The average molecular weight is 258 g/mol. The molecule has 0 radical (unpaired) electrons. The summed E-state index contributed by atoms with van der Waals surface area (Å²) in [5.74, 6) is 0.228. The van der Waals surface area contributed by atoms with Gasteiger partial charge in [-0.25, -0.2) is 0 Å². The second-order valence-corrected chi connectivity index (χ2v) is 4.52. The summed E-state index contributed by atoms with van der Waals surface area (Å²) in [6.45, 7) is 0.740. The molecule has 1 fully saturated rings. The molecule has 1 aliphatic rings. The predicted octanol–water partition coefficient (Wildman–Crippen LogP) is 2.10. The first kappa shape index (κ1) is 12.0. The summed E-state index contributed by atoms with van der Waals surface area (Å²) >= 11 is 0. The van der Waals surface area contributed by atoms with Gasteiger partial charge in [0.25, 0.3) is 0 Å². The van der Waals surface area contributed by atoms with Crippen molar-refractivity contribution in [3.63, 3.8) is 0 Å². The average Bonchev–Trinajstić information content (AvgIpc) is 2.91. The maximum absolute atomic E-state index is 11.8. The van der Waals surface area contributed by atoms with Gasteiger partial charge in [-0.2, -0.15) is 0 Å². The van der Waals surface area contributed by atoms with Gasteiger partial charge in [0.1, 0.15) is 5.75 Å². The Morgan fingerprint density at radius 2 is 2.16 bits per heavy atom. The van der Waals surface area contributed by atoms with Gasteiger partial charge in [-0.05, 0) is 25.0 Å². The van der Waals surface area contributed by atoms with Crippen LogP contribution in [0.5, 0.6) is 5.75 Å². The molecule has 2 heterocycles. The lowest BCUT2D eigenvalue weighted by atomic mass is 10.2. The normalized spacial score (nSPS) is 18.6. The largest absolute Gasteiger partial charge is 0.426 e. The third-order valence-electron chi connectivity index (χ3n) is 3.09. The summed E-state index contributed by atoms with van der Waals surface area (Å²) in [5.41, 5.74) is 1.49. The zero-order valence-corrected chi connectivity index (χ0v) is 10.4. The molecular weight excluding hydrogens is 244 g/mol. The number of hydrogen-bond acceptors (Lipinski definition) is 5. The fraction of sp³-hybridized carbons (Fsp3) is 0.357. The molecule has 3 rings (SSSR count). The van der Waals surface area contributed by atoms with Gasteiger partial charge in [-0.1, -0.05) is 0 Å². The number of ether oxygens (including phenoxy) is 2. The third kappa shape index (κ3) is 2.88. The molecule has 0 aliphatic carbocycles. The molecule has 19 heavy (non-hydrogen) atoms. The van der Waals surface area contributed by atoms with Crippen LogP contribution in [0.3, 0.4) is 0 Å². The van der Waals surface area contributed by atoms with E-state index in [1.165, 1.54) is 0 Å². The van der Waals surface area contributed by atoms with Gasteiger partial charge in [0.15, 0.2) is 0 Å². The Kier molecular flexibility index (Phi) is 3.37. The van der Waals surface area contributed by atoms with Gasteiger partial charge in [-0.15, -0.1) is 0 Å². The van der Waals surface area contributed by atoms with Gasteiger partial charge in [0.2, 0.25) is 0 Å². The van der Waals surface area contributed by atoms with Gasteiger partial charge in [-0.3, -0.25) is 14.8 Å². The second kappa shape index (κ2) is 5.32. The van der Waals surface area contributed by atoms with Gasteiger partial charge in [0.05, 0.1) is 23.6 Å². The highest BCUT2D eigenvalue weighted by atomic mass is 16.5. The van der Waals surface area contributed by atoms with Crippen LogP contribution in [0.25, 0.3) is 11.0 Å². The molecule has 0 spiro atoms. The van der Waals surface area contributed by atoms with E-state index in [0.29, 0.717) is 17.7 Å². The van der Waals surface area contributed by atoms with E-state index in [1.54, 1.807) is 30.6 Å². The molecule has 1 saturated heterocycles. The highest BCUT2D eigenvalue weighted by molar-refractivity contribution is 5.78. The van der Waals surface area contributed by atoms with Crippen molar-refractivity contribution >= 4 is 17.0 Å². The third-order valence-corrected chi connectivity index (χ3v) is 3.09. The number of fused-ring (bicyclic) bond motifs is 1. The smallest absolute Gasteiger partial charge is 0.313 e. The molecule has 1 aromatic carbocycles. The summed E-state index contributed by atoms with van der Waals surface area (Å²) in [6.07, 6.45) is 5.50. The van der Waals surface area contributed by atoms with E-state index < -0.39 is 0 Å². The van der Waals surface area contributed by atoms with Gasteiger partial charge in [0, 0.05) is 25.1 Å². The van der Waals surface area contributed by atoms with E-state index in [2.05, 4.69) is 9.97 Å². The van der Waals surface area contributed by atoms with Crippen LogP contribution in [0, 0.1) is 0 Å². The fourth-order valence-corrected chi connectivity index (χ4v) is 2.17. The standard InChI is InChI=1S/C14H14N2O3/c17-14(9-10-2-1-7-18-10)19-11-3-4-12-13(8-11)16-6-5-15-12/h3-6,8,10H,1-2,7,9H2/t10-/m1/s1. The number of rotatable bonds is 3. The number of carbonyl (C=O) groups excluding carboxylic acids is 1. The Morgan fingerprint density at radius 1 is 1.32 bits per heavy atom. The van der Waals surface area contributed by atoms with Crippen LogP contribution in [0.1, 0.15) is 19.3 Å². The zero-order valence-electron chi connectivity index (χ0n) is 10.4. The maximum atomic E-state index is 11.8. The van der Waals surface area contributed by atoms with Gasteiger partial charge >= 0.3 is 5.97 Å². The monoisotopic (exact) mass is 258 g/mol. The van der Waals surface area contributed by atoms with Crippen LogP contribution in [0.2, 0.25) is 0 Å². The van der Waals surface area contributed by atoms with E-state index >= 15 is 0 Å². The van der Waals surface area contributed by atoms with Crippen molar-refractivity contribution in [2.75, 3.05) is 6.61 Å².